The maximum atomic E-state index is 13.9. The first kappa shape index (κ1) is 23.6. The summed E-state index contributed by atoms with van der Waals surface area (Å²) in [5, 5.41) is 11.2. The minimum Gasteiger partial charge on any atom is -0.494 e. The molecule has 2 aliphatic rings. The molecule has 4 N–H and O–H groups in total. The van der Waals surface area contributed by atoms with Gasteiger partial charge in [0.1, 0.15) is 11.9 Å². The second-order valence-corrected chi connectivity index (χ2v) is 10.1. The van der Waals surface area contributed by atoms with Gasteiger partial charge in [-0.25, -0.2) is 17.6 Å². The van der Waals surface area contributed by atoms with Crippen LogP contribution in [0.2, 0.25) is 0 Å². The Morgan fingerprint density at radius 2 is 2.03 bits per heavy atom. The van der Waals surface area contributed by atoms with Crippen LogP contribution in [0, 0.1) is 17.7 Å². The third-order valence-corrected chi connectivity index (χ3v) is 7.70. The largest absolute Gasteiger partial charge is 0.494 e. The van der Waals surface area contributed by atoms with Gasteiger partial charge in [-0.15, -0.1) is 0 Å². The number of primary amides is 1. The summed E-state index contributed by atoms with van der Waals surface area (Å²) >= 11 is 0. The number of carbonyl (C=O) groups excluding carboxylic acids is 1. The maximum absolute atomic E-state index is 13.9. The van der Waals surface area contributed by atoms with Crippen LogP contribution in [-0.4, -0.2) is 45.3 Å². The number of methoxy groups -OCH3 is 1. The van der Waals surface area contributed by atoms with Crippen molar-refractivity contribution in [3.05, 3.63) is 42.2 Å². The Morgan fingerprint density at radius 3 is 2.65 bits per heavy atom. The highest BCUT2D eigenvalue weighted by molar-refractivity contribution is 7.92. The standard InChI is InChI=1S/C22H24FN3O7S/c1-32-20-10-15(5-6-17(20)23)34(30,31)26-11-14(9-16(21(24)27)12-2-3-12)33-19-7-4-13(8-18(19)26)25-22(28)29/h4-8,10,12,14,16,25H,2-3,9,11H2,1H3,(H2,24,27)(H,28,29). The van der Waals surface area contributed by atoms with Crippen molar-refractivity contribution in [1.29, 1.82) is 0 Å². The van der Waals surface area contributed by atoms with Gasteiger partial charge in [-0.1, -0.05) is 0 Å². The molecule has 1 heterocycles. The van der Waals surface area contributed by atoms with Crippen molar-refractivity contribution < 1.29 is 37.0 Å². The number of hydrogen-bond donors (Lipinski definition) is 3. The van der Waals surface area contributed by atoms with E-state index in [9.17, 15) is 22.4 Å². The third kappa shape index (κ3) is 4.72. The first-order valence-corrected chi connectivity index (χ1v) is 12.0. The van der Waals surface area contributed by atoms with E-state index in [1.54, 1.807) is 0 Å². The first-order valence-electron chi connectivity index (χ1n) is 10.6. The zero-order valence-corrected chi connectivity index (χ0v) is 19.0. The minimum absolute atomic E-state index is 0.104. The van der Waals surface area contributed by atoms with Crippen LogP contribution >= 0.6 is 0 Å². The molecule has 12 heteroatoms. The second-order valence-electron chi connectivity index (χ2n) is 8.27. The number of carboxylic acid groups (broad SMARTS) is 1. The highest BCUT2D eigenvalue weighted by Crippen LogP contribution is 2.43. The Bertz CT molecular complexity index is 1230. The Kier molecular flexibility index (Phi) is 6.26. The van der Waals surface area contributed by atoms with Crippen molar-refractivity contribution >= 4 is 33.4 Å². The quantitative estimate of drug-likeness (QED) is 0.512. The Morgan fingerprint density at radius 1 is 1.29 bits per heavy atom. The van der Waals surface area contributed by atoms with E-state index in [1.807, 2.05) is 0 Å². The first-order chi connectivity index (χ1) is 16.1. The van der Waals surface area contributed by atoms with Gasteiger partial charge < -0.3 is 20.3 Å². The molecule has 4 rings (SSSR count). The molecule has 10 nitrogen and oxygen atoms in total. The fraction of sp³-hybridized carbons (Fsp3) is 0.364. The Labute approximate surface area is 195 Å². The van der Waals surface area contributed by atoms with Crippen molar-refractivity contribution in [3.63, 3.8) is 0 Å². The lowest BCUT2D eigenvalue weighted by Crippen LogP contribution is -2.45. The number of halogens is 1. The number of carbonyl (C=O) groups is 2. The molecular weight excluding hydrogens is 469 g/mol. The summed E-state index contributed by atoms with van der Waals surface area (Å²) in [6, 6.07) is 7.41. The van der Waals surface area contributed by atoms with Gasteiger partial charge in [0.15, 0.2) is 11.6 Å². The number of rotatable bonds is 8. The molecule has 0 bridgehead atoms. The average Bonchev–Trinajstić information content (AvgIpc) is 3.61. The lowest BCUT2D eigenvalue weighted by molar-refractivity contribution is -0.123. The predicted octanol–water partition coefficient (Wildman–Crippen LogP) is 2.78. The highest BCUT2D eigenvalue weighted by Gasteiger charge is 2.41. The SMILES string of the molecule is COc1cc(S(=O)(=O)N2CC(CC(C(N)=O)C3CC3)Oc3ccc(NC(=O)O)cc32)ccc1F. The molecule has 1 fully saturated rings. The molecule has 0 aromatic heterocycles. The van der Waals surface area contributed by atoms with E-state index in [2.05, 4.69) is 5.32 Å². The molecule has 2 aromatic carbocycles. The van der Waals surface area contributed by atoms with Crippen LogP contribution < -0.4 is 24.8 Å². The maximum Gasteiger partial charge on any atom is 0.409 e. The highest BCUT2D eigenvalue weighted by atomic mass is 32.2. The normalized spacial score (nSPS) is 18.4. The van der Waals surface area contributed by atoms with Gasteiger partial charge in [-0.3, -0.25) is 14.4 Å². The summed E-state index contributed by atoms with van der Waals surface area (Å²) in [7, 11) is -3.03. The molecule has 1 aliphatic heterocycles. The van der Waals surface area contributed by atoms with Crippen molar-refractivity contribution in [3.8, 4) is 11.5 Å². The summed E-state index contributed by atoms with van der Waals surface area (Å²) in [6.07, 6.45) is -0.0216. The van der Waals surface area contributed by atoms with Crippen LogP contribution in [0.4, 0.5) is 20.6 Å². The van der Waals surface area contributed by atoms with E-state index in [0.29, 0.717) is 0 Å². The van der Waals surface area contributed by atoms with Crippen molar-refractivity contribution in [2.75, 3.05) is 23.3 Å². The van der Waals surface area contributed by atoms with Crippen LogP contribution in [0.25, 0.3) is 0 Å². The number of nitrogens with two attached hydrogens (primary N) is 1. The molecule has 0 spiro atoms. The molecule has 1 saturated carbocycles. The number of benzene rings is 2. The molecule has 2 amide bonds. The molecular formula is C22H24FN3O7S. The zero-order chi connectivity index (χ0) is 24.6. The van der Waals surface area contributed by atoms with Gasteiger partial charge in [-0.2, -0.15) is 0 Å². The molecule has 1 aliphatic carbocycles. The third-order valence-electron chi connectivity index (χ3n) is 5.93. The van der Waals surface area contributed by atoms with E-state index < -0.39 is 39.9 Å². The Balaban J connectivity index is 1.75. The van der Waals surface area contributed by atoms with Gasteiger partial charge in [-0.05, 0) is 55.5 Å². The predicted molar refractivity (Wildman–Crippen MR) is 120 cm³/mol. The van der Waals surface area contributed by atoms with Crippen LogP contribution in [0.15, 0.2) is 41.3 Å². The van der Waals surface area contributed by atoms with Gasteiger partial charge >= 0.3 is 6.09 Å². The lowest BCUT2D eigenvalue weighted by atomic mass is 9.95. The summed E-state index contributed by atoms with van der Waals surface area (Å²) in [5.41, 5.74) is 5.82. The average molecular weight is 494 g/mol. The monoisotopic (exact) mass is 493 g/mol. The van der Waals surface area contributed by atoms with Crippen molar-refractivity contribution in [1.82, 2.24) is 0 Å². The number of hydrogen-bond acceptors (Lipinski definition) is 6. The van der Waals surface area contributed by atoms with E-state index >= 15 is 0 Å². The second kappa shape index (κ2) is 9.01. The molecule has 2 aromatic rings. The van der Waals surface area contributed by atoms with Crippen LogP contribution in [0.1, 0.15) is 19.3 Å². The minimum atomic E-state index is -4.25. The number of anilines is 2. The summed E-state index contributed by atoms with van der Waals surface area (Å²) < 4.78 is 53.2. The number of nitrogens with zero attached hydrogens (tertiary/aromatic N) is 1. The van der Waals surface area contributed by atoms with Gasteiger partial charge in [0.2, 0.25) is 5.91 Å². The van der Waals surface area contributed by atoms with Crippen LogP contribution in [0.3, 0.4) is 0 Å². The van der Waals surface area contributed by atoms with E-state index in [0.717, 1.165) is 35.3 Å². The molecule has 0 radical (unpaired) electrons. The lowest BCUT2D eigenvalue weighted by Gasteiger charge is -2.36. The Hall–Kier alpha value is -3.54. The number of ether oxygens (including phenoxy) is 2. The smallest absolute Gasteiger partial charge is 0.409 e. The fourth-order valence-corrected chi connectivity index (χ4v) is 5.63. The van der Waals surface area contributed by atoms with Gasteiger partial charge in [0.25, 0.3) is 10.0 Å². The molecule has 34 heavy (non-hydrogen) atoms. The number of nitrogens with one attached hydrogen (secondary N) is 1. The molecule has 0 saturated heterocycles. The molecule has 2 unspecified atom stereocenters. The summed E-state index contributed by atoms with van der Waals surface area (Å²) in [6.45, 7) is -0.151. The van der Waals surface area contributed by atoms with Crippen molar-refractivity contribution in [2.24, 2.45) is 17.6 Å². The number of fused-ring (bicyclic) bond motifs is 1. The molecule has 182 valence electrons. The fourth-order valence-electron chi connectivity index (χ4n) is 4.11. The summed E-state index contributed by atoms with van der Waals surface area (Å²) in [5.74, 6) is -1.52. The van der Waals surface area contributed by atoms with Crippen molar-refractivity contribution in [2.45, 2.75) is 30.3 Å². The summed E-state index contributed by atoms with van der Waals surface area (Å²) in [4.78, 5) is 22.8. The van der Waals surface area contributed by atoms with E-state index in [4.69, 9.17) is 20.3 Å². The van der Waals surface area contributed by atoms with Gasteiger partial charge in [0.05, 0.1) is 24.2 Å². The zero-order valence-electron chi connectivity index (χ0n) is 18.2. The van der Waals surface area contributed by atoms with Crippen LogP contribution in [-0.2, 0) is 14.8 Å². The van der Waals surface area contributed by atoms with E-state index in [-0.39, 0.29) is 46.7 Å². The number of amides is 2. The van der Waals surface area contributed by atoms with Crippen LogP contribution in [0.5, 0.6) is 11.5 Å². The number of sulfonamides is 1. The topological polar surface area (TPSA) is 148 Å². The van der Waals surface area contributed by atoms with Gasteiger partial charge in [0, 0.05) is 17.7 Å². The molecule has 2 atom stereocenters. The van der Waals surface area contributed by atoms with E-state index in [1.165, 1.54) is 25.3 Å².